The standard InChI is InChI=1S/C33H26F5NO6S/c34-26-25(27(35)29(37)30(38)28(26)36)31(41)39-14-17-5-11-20(12-6-17)33-44-21(16-46-24-4-2-1-3-22(24)32(42)43)13-23(45-33)19-9-7-18(15-40)8-10-19/h1-12,21,23,33,40H,13-16H2,(H,39,41)(H,42,43)/t21-,23+,33+/m0/s1. The summed E-state index contributed by atoms with van der Waals surface area (Å²) in [5.41, 5.74) is 1.21. The molecule has 0 aliphatic carbocycles. The first-order valence-electron chi connectivity index (χ1n) is 13.9. The molecule has 1 amide bonds. The van der Waals surface area contributed by atoms with Crippen LogP contribution in [0.1, 0.15) is 61.8 Å². The molecule has 1 fully saturated rings. The zero-order chi connectivity index (χ0) is 33.0. The smallest absolute Gasteiger partial charge is 0.336 e. The molecule has 4 aromatic rings. The van der Waals surface area contributed by atoms with Crippen molar-refractivity contribution in [3.8, 4) is 0 Å². The number of amides is 1. The van der Waals surface area contributed by atoms with Crippen LogP contribution in [0, 0.1) is 29.1 Å². The van der Waals surface area contributed by atoms with E-state index in [0.717, 1.165) is 11.1 Å². The number of carbonyl (C=O) groups excluding carboxylic acids is 1. The predicted octanol–water partition coefficient (Wildman–Crippen LogP) is 6.84. The van der Waals surface area contributed by atoms with Gasteiger partial charge >= 0.3 is 5.97 Å². The van der Waals surface area contributed by atoms with Crippen LogP contribution in [0.3, 0.4) is 0 Å². The lowest BCUT2D eigenvalue weighted by Gasteiger charge is -2.36. The number of nitrogens with one attached hydrogen (secondary N) is 1. The fraction of sp³-hybridized carbons (Fsp3) is 0.212. The van der Waals surface area contributed by atoms with Crippen LogP contribution >= 0.6 is 11.8 Å². The van der Waals surface area contributed by atoms with Crippen LogP contribution in [0.4, 0.5) is 22.0 Å². The Bertz CT molecular complexity index is 1710. The minimum atomic E-state index is -2.36. The van der Waals surface area contributed by atoms with E-state index < -0.39 is 58.9 Å². The molecular formula is C33H26F5NO6S. The molecular weight excluding hydrogens is 633 g/mol. The van der Waals surface area contributed by atoms with Gasteiger partial charge in [0, 0.05) is 29.2 Å². The number of ether oxygens (including phenoxy) is 2. The maximum absolute atomic E-state index is 14.0. The second-order valence-electron chi connectivity index (χ2n) is 10.3. The van der Waals surface area contributed by atoms with Crippen molar-refractivity contribution < 1.29 is 51.2 Å². The van der Waals surface area contributed by atoms with Gasteiger partial charge in [-0.3, -0.25) is 4.79 Å². The van der Waals surface area contributed by atoms with Crippen molar-refractivity contribution in [1.82, 2.24) is 5.32 Å². The van der Waals surface area contributed by atoms with E-state index in [9.17, 15) is 41.8 Å². The van der Waals surface area contributed by atoms with Gasteiger partial charge in [-0.15, -0.1) is 11.8 Å². The van der Waals surface area contributed by atoms with Gasteiger partial charge < -0.3 is 25.0 Å². The molecule has 4 aromatic carbocycles. The summed E-state index contributed by atoms with van der Waals surface area (Å²) >= 11 is 1.34. The summed E-state index contributed by atoms with van der Waals surface area (Å²) in [6.07, 6.45) is -1.17. The van der Waals surface area contributed by atoms with Crippen molar-refractivity contribution in [2.24, 2.45) is 0 Å². The molecule has 5 rings (SSSR count). The fourth-order valence-corrected chi connectivity index (χ4v) is 5.91. The number of benzene rings is 4. The summed E-state index contributed by atoms with van der Waals surface area (Å²) in [5.74, 6) is -13.3. The second-order valence-corrected chi connectivity index (χ2v) is 11.4. The van der Waals surface area contributed by atoms with E-state index in [1.165, 1.54) is 17.8 Å². The highest BCUT2D eigenvalue weighted by Crippen LogP contribution is 2.40. The molecule has 0 aromatic heterocycles. The van der Waals surface area contributed by atoms with Gasteiger partial charge in [-0.25, -0.2) is 26.7 Å². The number of aliphatic hydroxyl groups excluding tert-OH is 1. The summed E-state index contributed by atoms with van der Waals surface area (Å²) in [6.45, 7) is -0.402. The van der Waals surface area contributed by atoms with Crippen LogP contribution in [0.2, 0.25) is 0 Å². The Labute approximate surface area is 264 Å². The third kappa shape index (κ3) is 7.23. The largest absolute Gasteiger partial charge is 0.478 e. The van der Waals surface area contributed by atoms with Crippen LogP contribution in [-0.2, 0) is 22.6 Å². The number of carbonyl (C=O) groups is 2. The Morgan fingerprint density at radius 1 is 0.783 bits per heavy atom. The van der Waals surface area contributed by atoms with Crippen LogP contribution in [0.15, 0.2) is 77.7 Å². The summed E-state index contributed by atoms with van der Waals surface area (Å²) in [6, 6.07) is 20.3. The van der Waals surface area contributed by atoms with E-state index in [2.05, 4.69) is 5.32 Å². The Morgan fingerprint density at radius 2 is 1.37 bits per heavy atom. The average Bonchev–Trinajstić information content (AvgIpc) is 3.08. The van der Waals surface area contributed by atoms with Crippen molar-refractivity contribution in [3.05, 3.63) is 135 Å². The van der Waals surface area contributed by atoms with Gasteiger partial charge in [0.05, 0.1) is 24.4 Å². The molecule has 1 heterocycles. The molecule has 46 heavy (non-hydrogen) atoms. The first-order chi connectivity index (χ1) is 22.1. The quantitative estimate of drug-likeness (QED) is 0.0741. The number of aromatic carboxylic acids is 1. The van der Waals surface area contributed by atoms with Gasteiger partial charge in [-0.2, -0.15) is 0 Å². The molecule has 3 N–H and O–H groups in total. The van der Waals surface area contributed by atoms with Gasteiger partial charge in [0.25, 0.3) is 5.91 Å². The Hall–Kier alpha value is -4.30. The molecule has 240 valence electrons. The van der Waals surface area contributed by atoms with Gasteiger partial charge in [-0.1, -0.05) is 60.7 Å². The number of thioether (sulfide) groups is 1. The van der Waals surface area contributed by atoms with Gasteiger partial charge in [0.2, 0.25) is 5.82 Å². The first-order valence-corrected chi connectivity index (χ1v) is 14.9. The third-order valence-electron chi connectivity index (χ3n) is 7.30. The zero-order valence-corrected chi connectivity index (χ0v) is 24.6. The van der Waals surface area contributed by atoms with Crippen molar-refractivity contribution in [2.45, 2.75) is 43.0 Å². The van der Waals surface area contributed by atoms with E-state index in [1.54, 1.807) is 54.6 Å². The number of aliphatic hydroxyl groups is 1. The van der Waals surface area contributed by atoms with Gasteiger partial charge in [0.1, 0.15) is 5.56 Å². The lowest BCUT2D eigenvalue weighted by Crippen LogP contribution is -2.31. The molecule has 0 unspecified atom stereocenters. The van der Waals surface area contributed by atoms with E-state index in [0.29, 0.717) is 28.2 Å². The molecule has 0 spiro atoms. The van der Waals surface area contributed by atoms with E-state index in [4.69, 9.17) is 9.47 Å². The molecule has 7 nitrogen and oxygen atoms in total. The summed E-state index contributed by atoms with van der Waals surface area (Å²) in [4.78, 5) is 24.6. The lowest BCUT2D eigenvalue weighted by atomic mass is 10.0. The van der Waals surface area contributed by atoms with Crippen molar-refractivity contribution in [3.63, 3.8) is 0 Å². The summed E-state index contributed by atoms with van der Waals surface area (Å²) in [7, 11) is 0. The number of hydrogen-bond donors (Lipinski definition) is 3. The maximum Gasteiger partial charge on any atom is 0.336 e. The van der Waals surface area contributed by atoms with Crippen LogP contribution < -0.4 is 5.32 Å². The van der Waals surface area contributed by atoms with Crippen molar-refractivity contribution in [2.75, 3.05) is 5.75 Å². The Balaban J connectivity index is 1.31. The molecule has 3 atom stereocenters. The maximum atomic E-state index is 14.0. The highest BCUT2D eigenvalue weighted by Gasteiger charge is 2.33. The highest BCUT2D eigenvalue weighted by molar-refractivity contribution is 7.99. The van der Waals surface area contributed by atoms with Crippen molar-refractivity contribution >= 4 is 23.6 Å². The van der Waals surface area contributed by atoms with Gasteiger partial charge in [0.15, 0.2) is 29.6 Å². The lowest BCUT2D eigenvalue weighted by molar-refractivity contribution is -0.245. The van der Waals surface area contributed by atoms with Gasteiger partial charge in [-0.05, 0) is 28.8 Å². The Kier molecular flexibility index (Phi) is 10.4. The number of rotatable bonds is 10. The third-order valence-corrected chi connectivity index (χ3v) is 8.50. The molecule has 0 radical (unpaired) electrons. The molecule has 0 saturated carbocycles. The summed E-state index contributed by atoms with van der Waals surface area (Å²) < 4.78 is 81.0. The average molecular weight is 660 g/mol. The topological polar surface area (TPSA) is 105 Å². The minimum absolute atomic E-state index is 0.117. The monoisotopic (exact) mass is 659 g/mol. The first kappa shape index (κ1) is 33.1. The molecule has 0 bridgehead atoms. The molecule has 1 saturated heterocycles. The zero-order valence-electron chi connectivity index (χ0n) is 23.8. The number of carboxylic acid groups (broad SMARTS) is 1. The van der Waals surface area contributed by atoms with E-state index >= 15 is 0 Å². The molecule has 1 aliphatic heterocycles. The van der Waals surface area contributed by atoms with Crippen LogP contribution in [-0.4, -0.2) is 33.9 Å². The number of halogens is 5. The van der Waals surface area contributed by atoms with Crippen LogP contribution in [0.5, 0.6) is 0 Å². The Morgan fingerprint density at radius 3 is 2.00 bits per heavy atom. The normalized spacial score (nSPS) is 17.9. The molecule has 13 heteroatoms. The van der Waals surface area contributed by atoms with E-state index in [1.807, 2.05) is 12.1 Å². The summed E-state index contributed by atoms with van der Waals surface area (Å²) in [5, 5.41) is 21.1. The number of hydrogen-bond acceptors (Lipinski definition) is 6. The minimum Gasteiger partial charge on any atom is -0.478 e. The fourth-order valence-electron chi connectivity index (χ4n) is 4.84. The predicted molar refractivity (Wildman–Crippen MR) is 156 cm³/mol. The van der Waals surface area contributed by atoms with Crippen molar-refractivity contribution in [1.29, 1.82) is 0 Å². The SMILES string of the molecule is O=C(O)c1ccccc1SC[C@@H]1C[C@H](c2ccc(CO)cc2)O[C@H](c2ccc(CNC(=O)c3c(F)c(F)c(F)c(F)c3F)cc2)O1. The number of carboxylic acids is 1. The second kappa shape index (κ2) is 14.4. The highest BCUT2D eigenvalue weighted by atomic mass is 32.2. The molecule has 1 aliphatic rings. The van der Waals surface area contributed by atoms with E-state index in [-0.39, 0.29) is 24.8 Å². The van der Waals surface area contributed by atoms with Crippen LogP contribution in [0.25, 0.3) is 0 Å².